The Labute approximate surface area is 159 Å². The lowest BCUT2D eigenvalue weighted by atomic mass is 10.2. The molecule has 5 nitrogen and oxygen atoms in total. The van der Waals surface area contributed by atoms with Crippen LogP contribution in [0.15, 0.2) is 68.4 Å². The summed E-state index contributed by atoms with van der Waals surface area (Å²) in [4.78, 5) is 14.1. The summed E-state index contributed by atoms with van der Waals surface area (Å²) in [5.41, 5.74) is 0.612. The van der Waals surface area contributed by atoms with E-state index >= 15 is 0 Å². The molecule has 3 rings (SSSR count). The zero-order valence-electron chi connectivity index (χ0n) is 13.3. The first-order valence-electron chi connectivity index (χ1n) is 7.58. The third kappa shape index (κ3) is 3.80. The van der Waals surface area contributed by atoms with E-state index in [9.17, 15) is 13.2 Å². The number of amidine groups is 1. The van der Waals surface area contributed by atoms with Gasteiger partial charge in [0.25, 0.3) is 10.0 Å². The second-order valence-corrected chi connectivity index (χ2v) is 9.02. The van der Waals surface area contributed by atoms with Crippen molar-refractivity contribution < 1.29 is 13.2 Å². The van der Waals surface area contributed by atoms with Crippen molar-refractivity contribution in [3.8, 4) is 0 Å². The average molecular weight is 439 g/mol. The Balaban J connectivity index is 2.04. The summed E-state index contributed by atoms with van der Waals surface area (Å²) in [6, 6.07) is 15.2. The number of sulfonamides is 1. The number of benzene rings is 2. The van der Waals surface area contributed by atoms with Crippen molar-refractivity contribution >= 4 is 54.5 Å². The number of carbonyl (C=O) groups excluding carboxylic acids is 1. The number of nitrogens with zero attached hydrogens (tertiary/aromatic N) is 2. The maximum atomic E-state index is 12.6. The van der Waals surface area contributed by atoms with Crippen molar-refractivity contribution in [2.75, 3.05) is 4.90 Å². The van der Waals surface area contributed by atoms with Crippen LogP contribution in [0.4, 0.5) is 5.69 Å². The average Bonchev–Trinajstić information content (AvgIpc) is 2.90. The van der Waals surface area contributed by atoms with Gasteiger partial charge in [0, 0.05) is 4.47 Å². The number of hydrogen-bond acceptors (Lipinski definition) is 4. The first-order valence-corrected chi connectivity index (χ1v) is 10.7. The van der Waals surface area contributed by atoms with E-state index < -0.39 is 10.0 Å². The second kappa shape index (κ2) is 7.31. The van der Waals surface area contributed by atoms with Gasteiger partial charge in [0.15, 0.2) is 5.17 Å². The van der Waals surface area contributed by atoms with Gasteiger partial charge in [0.1, 0.15) is 0 Å². The summed E-state index contributed by atoms with van der Waals surface area (Å²) in [6.45, 7) is 1.89. The molecule has 1 atom stereocenters. The van der Waals surface area contributed by atoms with Crippen LogP contribution in [0, 0.1) is 0 Å². The number of thioether (sulfide) groups is 1. The lowest BCUT2D eigenvalue weighted by Gasteiger charge is -2.16. The molecule has 8 heteroatoms. The van der Waals surface area contributed by atoms with Crippen LogP contribution in [0.3, 0.4) is 0 Å². The van der Waals surface area contributed by atoms with Crippen LogP contribution in [-0.2, 0) is 14.8 Å². The Morgan fingerprint density at radius 3 is 2.36 bits per heavy atom. The third-order valence-corrected chi connectivity index (χ3v) is 6.86. The molecule has 0 aromatic heterocycles. The topological polar surface area (TPSA) is 66.8 Å². The van der Waals surface area contributed by atoms with Crippen molar-refractivity contribution in [3.05, 3.63) is 59.1 Å². The Bertz CT molecular complexity index is 913. The highest BCUT2D eigenvalue weighted by Gasteiger charge is 2.39. The fourth-order valence-corrected chi connectivity index (χ4v) is 4.90. The van der Waals surface area contributed by atoms with Gasteiger partial charge in [-0.2, -0.15) is 8.42 Å². The van der Waals surface area contributed by atoms with Gasteiger partial charge in [-0.3, -0.25) is 9.69 Å². The second-order valence-electron chi connectivity index (χ2n) is 5.33. The summed E-state index contributed by atoms with van der Waals surface area (Å²) in [5, 5.41) is -0.148. The predicted octanol–water partition coefficient (Wildman–Crippen LogP) is 4.05. The van der Waals surface area contributed by atoms with E-state index in [-0.39, 0.29) is 21.2 Å². The molecule has 1 fully saturated rings. The monoisotopic (exact) mass is 438 g/mol. The predicted molar refractivity (Wildman–Crippen MR) is 104 cm³/mol. The zero-order valence-corrected chi connectivity index (χ0v) is 16.5. The molecule has 2 aromatic rings. The number of para-hydroxylation sites is 1. The molecule has 0 bridgehead atoms. The molecule has 2 aromatic carbocycles. The van der Waals surface area contributed by atoms with Crippen LogP contribution in [0.25, 0.3) is 0 Å². The van der Waals surface area contributed by atoms with Crippen molar-refractivity contribution in [3.63, 3.8) is 0 Å². The zero-order chi connectivity index (χ0) is 18.0. The van der Waals surface area contributed by atoms with Gasteiger partial charge in [-0.25, -0.2) is 0 Å². The number of halogens is 1. The van der Waals surface area contributed by atoms with E-state index in [0.717, 1.165) is 4.47 Å². The van der Waals surface area contributed by atoms with E-state index in [2.05, 4.69) is 20.3 Å². The fourth-order valence-electron chi connectivity index (χ4n) is 2.37. The van der Waals surface area contributed by atoms with Gasteiger partial charge in [0.2, 0.25) is 5.91 Å². The molecule has 0 aliphatic carbocycles. The van der Waals surface area contributed by atoms with Crippen molar-refractivity contribution in [1.82, 2.24) is 0 Å². The molecule has 0 spiro atoms. The molecular weight excluding hydrogens is 424 g/mol. The number of hydrogen-bond donors (Lipinski definition) is 0. The molecule has 0 N–H and O–H groups in total. The molecule has 0 radical (unpaired) electrons. The van der Waals surface area contributed by atoms with Crippen LogP contribution in [0.5, 0.6) is 0 Å². The first kappa shape index (κ1) is 18.2. The first-order chi connectivity index (χ1) is 11.9. The summed E-state index contributed by atoms with van der Waals surface area (Å²) in [5.74, 6) is -0.150. The minimum atomic E-state index is -3.90. The standard InChI is InChI=1S/C17H15BrN2O3S2/c1-2-15-16(21)20(13-6-4-3-5-7-13)17(24-15)19-25(22,23)14-10-8-12(18)9-11-14/h3-11,15H,2H2,1H3/t15-/m0/s1. The molecule has 130 valence electrons. The van der Waals surface area contributed by atoms with Gasteiger partial charge in [-0.05, 0) is 42.8 Å². The Kier molecular flexibility index (Phi) is 5.31. The molecule has 0 unspecified atom stereocenters. The quantitative estimate of drug-likeness (QED) is 0.721. The molecule has 0 saturated carbocycles. The van der Waals surface area contributed by atoms with Gasteiger partial charge in [-0.1, -0.05) is 52.8 Å². The van der Waals surface area contributed by atoms with Crippen LogP contribution < -0.4 is 4.90 Å². The molecule has 1 aliphatic heterocycles. The van der Waals surface area contributed by atoms with Crippen molar-refractivity contribution in [2.24, 2.45) is 4.40 Å². The van der Waals surface area contributed by atoms with Gasteiger partial charge >= 0.3 is 0 Å². The molecule has 1 aliphatic rings. The fraction of sp³-hybridized carbons (Fsp3) is 0.176. The maximum absolute atomic E-state index is 12.6. The van der Waals surface area contributed by atoms with Gasteiger partial charge in [-0.15, -0.1) is 4.40 Å². The number of carbonyl (C=O) groups is 1. The SMILES string of the molecule is CC[C@@H]1SC(=NS(=O)(=O)c2ccc(Br)cc2)N(c2ccccc2)C1=O. The van der Waals surface area contributed by atoms with E-state index in [4.69, 9.17) is 0 Å². The Hall–Kier alpha value is -1.64. The summed E-state index contributed by atoms with van der Waals surface area (Å²) in [7, 11) is -3.90. The molecule has 1 amide bonds. The normalized spacial score (nSPS) is 19.6. The summed E-state index contributed by atoms with van der Waals surface area (Å²) in [6.07, 6.45) is 0.601. The van der Waals surface area contributed by atoms with E-state index in [1.807, 2.05) is 13.0 Å². The van der Waals surface area contributed by atoms with E-state index in [0.29, 0.717) is 12.1 Å². The third-order valence-electron chi connectivity index (χ3n) is 3.63. The molecule has 1 heterocycles. The number of anilines is 1. The van der Waals surface area contributed by atoms with E-state index in [1.165, 1.54) is 28.8 Å². The van der Waals surface area contributed by atoms with Crippen LogP contribution in [0.2, 0.25) is 0 Å². The molecular formula is C17H15BrN2O3S2. The highest BCUT2D eigenvalue weighted by atomic mass is 79.9. The minimum absolute atomic E-state index is 0.0872. The summed E-state index contributed by atoms with van der Waals surface area (Å²) >= 11 is 4.46. The van der Waals surface area contributed by atoms with Crippen LogP contribution in [-0.4, -0.2) is 24.7 Å². The highest BCUT2D eigenvalue weighted by molar-refractivity contribution is 9.10. The smallest absolute Gasteiger partial charge is 0.273 e. The number of rotatable bonds is 4. The van der Waals surface area contributed by atoms with Crippen LogP contribution >= 0.6 is 27.7 Å². The lowest BCUT2D eigenvalue weighted by Crippen LogP contribution is -2.32. The van der Waals surface area contributed by atoms with Crippen molar-refractivity contribution in [2.45, 2.75) is 23.5 Å². The molecule has 25 heavy (non-hydrogen) atoms. The van der Waals surface area contributed by atoms with Gasteiger partial charge < -0.3 is 0 Å². The van der Waals surface area contributed by atoms with Gasteiger partial charge in [0.05, 0.1) is 15.8 Å². The number of amides is 1. The summed E-state index contributed by atoms with van der Waals surface area (Å²) < 4.78 is 30.0. The Morgan fingerprint density at radius 2 is 1.76 bits per heavy atom. The Morgan fingerprint density at radius 1 is 1.12 bits per heavy atom. The maximum Gasteiger partial charge on any atom is 0.284 e. The largest absolute Gasteiger partial charge is 0.284 e. The molecule has 1 saturated heterocycles. The van der Waals surface area contributed by atoms with Crippen molar-refractivity contribution in [1.29, 1.82) is 0 Å². The van der Waals surface area contributed by atoms with Crippen LogP contribution in [0.1, 0.15) is 13.3 Å². The lowest BCUT2D eigenvalue weighted by molar-refractivity contribution is -0.116. The highest BCUT2D eigenvalue weighted by Crippen LogP contribution is 2.34. The van der Waals surface area contributed by atoms with E-state index in [1.54, 1.807) is 36.4 Å². The minimum Gasteiger partial charge on any atom is -0.273 e.